The normalized spacial score (nSPS) is 17.2. The minimum absolute atomic E-state index is 0.128. The van der Waals surface area contributed by atoms with E-state index < -0.39 is 21.5 Å². The molecule has 0 aliphatic carbocycles. The standard InChI is InChI=1S/C14H17NO4S/c1-9(2)7-15-12-6-11(10(3)16)4-5-13(12)20(18,19)8-14(15)17/h4-6,9H,7-8H2,1-3H3. The van der Waals surface area contributed by atoms with Gasteiger partial charge in [0.25, 0.3) is 0 Å². The van der Waals surface area contributed by atoms with Crippen molar-refractivity contribution in [2.75, 3.05) is 17.2 Å². The van der Waals surface area contributed by atoms with E-state index in [1.54, 1.807) is 0 Å². The third kappa shape index (κ3) is 2.60. The third-order valence-corrected chi connectivity index (χ3v) is 4.80. The summed E-state index contributed by atoms with van der Waals surface area (Å²) in [5.74, 6) is -0.903. The molecule has 0 aromatic heterocycles. The van der Waals surface area contributed by atoms with Gasteiger partial charge < -0.3 is 4.90 Å². The number of hydrogen-bond donors (Lipinski definition) is 0. The summed E-state index contributed by atoms with van der Waals surface area (Å²) in [5, 5.41) is 0. The fourth-order valence-corrected chi connectivity index (χ4v) is 3.63. The van der Waals surface area contributed by atoms with E-state index in [4.69, 9.17) is 0 Å². The molecule has 0 saturated carbocycles. The van der Waals surface area contributed by atoms with E-state index in [0.717, 1.165) is 0 Å². The van der Waals surface area contributed by atoms with Crippen molar-refractivity contribution < 1.29 is 18.0 Å². The SMILES string of the molecule is CC(=O)c1ccc2c(c1)N(CC(C)C)C(=O)CS2(=O)=O. The van der Waals surface area contributed by atoms with Crippen molar-refractivity contribution in [3.63, 3.8) is 0 Å². The van der Waals surface area contributed by atoms with Crippen LogP contribution in [0.4, 0.5) is 5.69 Å². The van der Waals surface area contributed by atoms with E-state index in [-0.39, 0.29) is 16.6 Å². The van der Waals surface area contributed by atoms with E-state index in [0.29, 0.717) is 17.8 Å². The van der Waals surface area contributed by atoms with Crippen LogP contribution in [0, 0.1) is 5.92 Å². The van der Waals surface area contributed by atoms with E-state index >= 15 is 0 Å². The van der Waals surface area contributed by atoms with Gasteiger partial charge in [-0.3, -0.25) is 9.59 Å². The van der Waals surface area contributed by atoms with Gasteiger partial charge in [-0.05, 0) is 31.0 Å². The van der Waals surface area contributed by atoms with Gasteiger partial charge in [0.15, 0.2) is 15.6 Å². The van der Waals surface area contributed by atoms with Gasteiger partial charge >= 0.3 is 0 Å². The van der Waals surface area contributed by atoms with Crippen LogP contribution in [-0.4, -0.2) is 32.4 Å². The zero-order valence-corrected chi connectivity index (χ0v) is 12.5. The topological polar surface area (TPSA) is 71.5 Å². The number of carbonyl (C=O) groups is 2. The summed E-state index contributed by atoms with van der Waals surface area (Å²) in [7, 11) is -3.60. The predicted molar refractivity (Wildman–Crippen MR) is 75.7 cm³/mol. The van der Waals surface area contributed by atoms with Crippen LogP contribution in [-0.2, 0) is 14.6 Å². The van der Waals surface area contributed by atoms with E-state index in [9.17, 15) is 18.0 Å². The fraction of sp³-hybridized carbons (Fsp3) is 0.429. The van der Waals surface area contributed by atoms with Gasteiger partial charge in [-0.25, -0.2) is 8.42 Å². The van der Waals surface area contributed by atoms with Crippen molar-refractivity contribution in [3.05, 3.63) is 23.8 Å². The first-order valence-corrected chi connectivity index (χ1v) is 8.05. The summed E-state index contributed by atoms with van der Waals surface area (Å²) < 4.78 is 24.1. The molecule has 5 nitrogen and oxygen atoms in total. The molecule has 1 aliphatic heterocycles. The maximum atomic E-state index is 12.1. The second-order valence-electron chi connectivity index (χ2n) is 5.40. The molecule has 20 heavy (non-hydrogen) atoms. The molecule has 0 fully saturated rings. The molecule has 0 N–H and O–H groups in total. The lowest BCUT2D eigenvalue weighted by Crippen LogP contribution is -2.42. The Kier molecular flexibility index (Phi) is 3.69. The van der Waals surface area contributed by atoms with Crippen LogP contribution in [0.1, 0.15) is 31.1 Å². The van der Waals surface area contributed by atoms with Crippen LogP contribution in [0.5, 0.6) is 0 Å². The van der Waals surface area contributed by atoms with Crippen LogP contribution in [0.2, 0.25) is 0 Å². The molecule has 1 aliphatic rings. The number of Topliss-reactive ketones (excluding diaryl/α,β-unsaturated/α-hetero) is 1. The lowest BCUT2D eigenvalue weighted by molar-refractivity contribution is -0.116. The van der Waals surface area contributed by atoms with Gasteiger partial charge in [0.2, 0.25) is 5.91 Å². The van der Waals surface area contributed by atoms with Gasteiger partial charge in [-0.2, -0.15) is 0 Å². The minimum atomic E-state index is -3.60. The Morgan fingerprint density at radius 1 is 1.35 bits per heavy atom. The highest BCUT2D eigenvalue weighted by Gasteiger charge is 2.35. The first-order chi connectivity index (χ1) is 9.22. The van der Waals surface area contributed by atoms with Crippen LogP contribution < -0.4 is 4.90 Å². The number of hydrogen-bond acceptors (Lipinski definition) is 4. The number of nitrogens with zero attached hydrogens (tertiary/aromatic N) is 1. The van der Waals surface area contributed by atoms with Crippen LogP contribution in [0.3, 0.4) is 0 Å². The second-order valence-corrected chi connectivity index (χ2v) is 7.35. The summed E-state index contributed by atoms with van der Waals surface area (Å²) in [6, 6.07) is 4.40. The molecule has 1 aromatic rings. The van der Waals surface area contributed by atoms with Crippen molar-refractivity contribution in [2.24, 2.45) is 5.92 Å². The fourth-order valence-electron chi connectivity index (χ4n) is 2.23. The molecule has 0 unspecified atom stereocenters. The van der Waals surface area contributed by atoms with Crippen molar-refractivity contribution in [1.29, 1.82) is 0 Å². The largest absolute Gasteiger partial charge is 0.310 e. The number of rotatable bonds is 3. The Balaban J connectivity index is 2.63. The van der Waals surface area contributed by atoms with Crippen molar-refractivity contribution >= 4 is 27.2 Å². The smallest absolute Gasteiger partial charge is 0.242 e. The average Bonchev–Trinajstić information content (AvgIpc) is 2.33. The zero-order chi connectivity index (χ0) is 15.1. The quantitative estimate of drug-likeness (QED) is 0.795. The summed E-state index contributed by atoms with van der Waals surface area (Å²) in [5.41, 5.74) is 0.727. The number of benzene rings is 1. The summed E-state index contributed by atoms with van der Waals surface area (Å²) in [6.45, 7) is 5.74. The maximum Gasteiger partial charge on any atom is 0.242 e. The average molecular weight is 295 g/mol. The molecule has 0 saturated heterocycles. The minimum Gasteiger partial charge on any atom is -0.310 e. The first-order valence-electron chi connectivity index (χ1n) is 6.40. The molecule has 0 bridgehead atoms. The zero-order valence-electron chi connectivity index (χ0n) is 11.7. The monoisotopic (exact) mass is 295 g/mol. The lowest BCUT2D eigenvalue weighted by atomic mass is 10.1. The Hall–Kier alpha value is -1.69. The summed E-state index contributed by atoms with van der Waals surface area (Å²) in [6.07, 6.45) is 0. The molecular formula is C14H17NO4S. The molecule has 1 amide bonds. The number of anilines is 1. The number of amides is 1. The summed E-state index contributed by atoms with van der Waals surface area (Å²) >= 11 is 0. The van der Waals surface area contributed by atoms with E-state index in [1.165, 1.54) is 30.0 Å². The number of fused-ring (bicyclic) bond motifs is 1. The summed E-state index contributed by atoms with van der Waals surface area (Å²) in [4.78, 5) is 25.1. The van der Waals surface area contributed by atoms with Gasteiger partial charge in [0, 0.05) is 12.1 Å². The van der Waals surface area contributed by atoms with Gasteiger partial charge in [0.1, 0.15) is 5.75 Å². The highest BCUT2D eigenvalue weighted by molar-refractivity contribution is 7.92. The molecule has 0 radical (unpaired) electrons. The van der Waals surface area contributed by atoms with Crippen molar-refractivity contribution in [1.82, 2.24) is 0 Å². The van der Waals surface area contributed by atoms with Gasteiger partial charge in [-0.15, -0.1) is 0 Å². The molecular weight excluding hydrogens is 278 g/mol. The van der Waals surface area contributed by atoms with Gasteiger partial charge in [0.05, 0.1) is 10.6 Å². The van der Waals surface area contributed by atoms with E-state index in [2.05, 4.69) is 0 Å². The highest BCUT2D eigenvalue weighted by atomic mass is 32.2. The predicted octanol–water partition coefficient (Wildman–Crippen LogP) is 1.67. The first kappa shape index (κ1) is 14.7. The maximum absolute atomic E-state index is 12.1. The van der Waals surface area contributed by atoms with E-state index in [1.807, 2.05) is 13.8 Å². The van der Waals surface area contributed by atoms with Crippen LogP contribution >= 0.6 is 0 Å². The van der Waals surface area contributed by atoms with Gasteiger partial charge in [-0.1, -0.05) is 13.8 Å². The third-order valence-electron chi connectivity index (χ3n) is 3.15. The molecule has 6 heteroatoms. The number of ketones is 1. The van der Waals surface area contributed by atoms with Crippen molar-refractivity contribution in [3.8, 4) is 0 Å². The Labute approximate surface area is 118 Å². The molecule has 108 valence electrons. The Bertz CT molecular complexity index is 676. The van der Waals surface area contributed by atoms with Crippen molar-refractivity contribution in [2.45, 2.75) is 25.7 Å². The highest BCUT2D eigenvalue weighted by Crippen LogP contribution is 2.32. The molecule has 1 aromatic carbocycles. The Morgan fingerprint density at radius 3 is 2.55 bits per heavy atom. The molecule has 0 spiro atoms. The van der Waals surface area contributed by atoms with Crippen LogP contribution in [0.15, 0.2) is 23.1 Å². The number of sulfone groups is 1. The van der Waals surface area contributed by atoms with Crippen LogP contribution in [0.25, 0.3) is 0 Å². The number of carbonyl (C=O) groups excluding carboxylic acids is 2. The molecule has 2 rings (SSSR count). The molecule has 0 atom stereocenters. The molecule has 1 heterocycles. The second kappa shape index (κ2) is 5.01. The lowest BCUT2D eigenvalue weighted by Gasteiger charge is -2.30. The Morgan fingerprint density at radius 2 is 2.00 bits per heavy atom.